The molecule has 0 saturated heterocycles. The number of rotatable bonds is 0. The first kappa shape index (κ1) is 10.1. The molecule has 0 amide bonds. The third-order valence-electron chi connectivity index (χ3n) is 3.25. The van der Waals surface area contributed by atoms with Crippen molar-refractivity contribution >= 4 is 22.7 Å². The quantitative estimate of drug-likeness (QED) is 0.484. The van der Waals surface area contributed by atoms with Crippen LogP contribution in [0.15, 0.2) is 40.6 Å². The fourth-order valence-electron chi connectivity index (χ4n) is 2.33. The van der Waals surface area contributed by atoms with Crippen molar-refractivity contribution in [2.24, 2.45) is 0 Å². The number of para-hydroxylation sites is 1. The zero-order valence-corrected chi connectivity index (χ0v) is 10.6. The van der Waals surface area contributed by atoms with Crippen molar-refractivity contribution in [1.29, 1.82) is 0 Å². The molecular weight excluding hydrogens is 244 g/mol. The molecule has 88 valence electrons. The average molecular weight is 254 g/mol. The highest BCUT2D eigenvalue weighted by Crippen LogP contribution is 2.39. The number of nitrogens with zero attached hydrogens (tertiary/aromatic N) is 4. The monoisotopic (exact) mass is 254 g/mol. The molecule has 1 aromatic carbocycles. The molecule has 0 radical (unpaired) electrons. The minimum absolute atomic E-state index is 0.814. The van der Waals surface area contributed by atoms with Gasteiger partial charge in [0.05, 0.1) is 12.1 Å². The van der Waals surface area contributed by atoms with Gasteiger partial charge in [-0.2, -0.15) is 0 Å². The molecule has 5 heteroatoms. The second-order valence-electron chi connectivity index (χ2n) is 4.37. The first-order chi connectivity index (χ1) is 8.83. The number of aryl methyl sites for hydroxylation is 1. The fraction of sp³-hybridized carbons (Fsp3) is 0.154. The maximum Gasteiger partial charge on any atom is 0.196 e. The summed E-state index contributed by atoms with van der Waals surface area (Å²) in [6.45, 7) is 2.88. The molecule has 1 aliphatic heterocycles. The predicted octanol–water partition coefficient (Wildman–Crippen LogP) is 2.65. The van der Waals surface area contributed by atoms with Crippen molar-refractivity contribution in [2.75, 3.05) is 0 Å². The summed E-state index contributed by atoms with van der Waals surface area (Å²) in [5, 5.41) is 10.3. The number of hydrogen-bond acceptors (Lipinski definition) is 4. The molecule has 0 atom stereocenters. The van der Waals surface area contributed by atoms with Crippen LogP contribution in [0.3, 0.4) is 0 Å². The van der Waals surface area contributed by atoms with Crippen molar-refractivity contribution in [3.8, 4) is 0 Å². The van der Waals surface area contributed by atoms with Crippen LogP contribution < -0.4 is 0 Å². The van der Waals surface area contributed by atoms with E-state index in [0.29, 0.717) is 0 Å². The molecule has 4 nitrogen and oxygen atoms in total. The SMILES string of the molecule is Cc1nc2ccccc2c2c1Cn1cnnc1S2. The van der Waals surface area contributed by atoms with Crippen molar-refractivity contribution in [3.63, 3.8) is 0 Å². The largest absolute Gasteiger partial charge is 0.304 e. The zero-order chi connectivity index (χ0) is 12.1. The summed E-state index contributed by atoms with van der Waals surface area (Å²) in [7, 11) is 0. The highest BCUT2D eigenvalue weighted by molar-refractivity contribution is 7.99. The summed E-state index contributed by atoms with van der Waals surface area (Å²) >= 11 is 1.68. The van der Waals surface area contributed by atoms with E-state index in [4.69, 9.17) is 0 Å². The average Bonchev–Trinajstić information content (AvgIpc) is 2.84. The Hall–Kier alpha value is -1.88. The summed E-state index contributed by atoms with van der Waals surface area (Å²) in [5.74, 6) is 0. The minimum atomic E-state index is 0.814. The van der Waals surface area contributed by atoms with Gasteiger partial charge in [-0.25, -0.2) is 0 Å². The van der Waals surface area contributed by atoms with Crippen molar-refractivity contribution in [3.05, 3.63) is 41.9 Å². The Morgan fingerprint density at radius 1 is 1.28 bits per heavy atom. The first-order valence-electron chi connectivity index (χ1n) is 5.77. The molecule has 0 saturated carbocycles. The number of benzene rings is 1. The van der Waals surface area contributed by atoms with Gasteiger partial charge in [-0.15, -0.1) is 10.2 Å². The second kappa shape index (κ2) is 3.55. The summed E-state index contributed by atoms with van der Waals surface area (Å²) in [5.41, 5.74) is 3.43. The van der Waals surface area contributed by atoms with Crippen LogP contribution in [0.25, 0.3) is 10.9 Å². The van der Waals surface area contributed by atoms with Crippen LogP contribution >= 0.6 is 11.8 Å². The maximum atomic E-state index is 4.68. The molecule has 18 heavy (non-hydrogen) atoms. The van der Waals surface area contributed by atoms with Crippen molar-refractivity contribution < 1.29 is 0 Å². The molecule has 3 heterocycles. The number of aromatic nitrogens is 4. The smallest absolute Gasteiger partial charge is 0.196 e. The minimum Gasteiger partial charge on any atom is -0.304 e. The molecule has 1 aliphatic rings. The normalized spacial score (nSPS) is 13.4. The van der Waals surface area contributed by atoms with E-state index >= 15 is 0 Å². The van der Waals surface area contributed by atoms with Gasteiger partial charge in [0.2, 0.25) is 0 Å². The van der Waals surface area contributed by atoms with E-state index in [9.17, 15) is 0 Å². The molecule has 0 unspecified atom stereocenters. The summed E-state index contributed by atoms with van der Waals surface area (Å²) in [6.07, 6.45) is 1.78. The van der Waals surface area contributed by atoms with Gasteiger partial charge < -0.3 is 4.57 Å². The Morgan fingerprint density at radius 3 is 3.11 bits per heavy atom. The lowest BCUT2D eigenvalue weighted by atomic mass is 10.1. The maximum absolute atomic E-state index is 4.68. The number of pyridine rings is 1. The lowest BCUT2D eigenvalue weighted by Gasteiger charge is -2.19. The van der Waals surface area contributed by atoms with Gasteiger partial charge in [-0.3, -0.25) is 4.98 Å². The molecule has 2 aromatic heterocycles. The van der Waals surface area contributed by atoms with Crippen LogP contribution in [0.4, 0.5) is 0 Å². The van der Waals surface area contributed by atoms with E-state index in [-0.39, 0.29) is 0 Å². The van der Waals surface area contributed by atoms with E-state index in [1.807, 2.05) is 6.07 Å². The highest BCUT2D eigenvalue weighted by atomic mass is 32.2. The van der Waals surface area contributed by atoms with Crippen molar-refractivity contribution in [2.45, 2.75) is 23.5 Å². The van der Waals surface area contributed by atoms with Gasteiger partial charge in [-0.1, -0.05) is 18.2 Å². The molecule has 0 N–H and O–H groups in total. The van der Waals surface area contributed by atoms with Crippen LogP contribution in [0.2, 0.25) is 0 Å². The van der Waals surface area contributed by atoms with Crippen LogP contribution in [0, 0.1) is 6.92 Å². The van der Waals surface area contributed by atoms with Gasteiger partial charge in [-0.05, 0) is 24.8 Å². The molecule has 4 rings (SSSR count). The molecule has 0 spiro atoms. The van der Waals surface area contributed by atoms with Crippen LogP contribution in [0.1, 0.15) is 11.3 Å². The first-order valence-corrected chi connectivity index (χ1v) is 6.58. The fourth-order valence-corrected chi connectivity index (χ4v) is 3.45. The Bertz CT molecular complexity index is 763. The standard InChI is InChI=1S/C13H10N4S/c1-8-10-6-17-7-14-16-13(17)18-12(10)9-4-2-3-5-11(9)15-8/h2-5,7H,6H2,1H3. The summed E-state index contributed by atoms with van der Waals surface area (Å²) in [6, 6.07) is 8.26. The van der Waals surface area contributed by atoms with Gasteiger partial charge in [0, 0.05) is 21.5 Å². The summed E-state index contributed by atoms with van der Waals surface area (Å²) < 4.78 is 2.07. The summed E-state index contributed by atoms with van der Waals surface area (Å²) in [4.78, 5) is 5.96. The van der Waals surface area contributed by atoms with Gasteiger partial charge >= 0.3 is 0 Å². The Labute approximate surface area is 108 Å². The Balaban J connectivity index is 2.05. The van der Waals surface area contributed by atoms with Crippen LogP contribution in [-0.2, 0) is 6.54 Å². The second-order valence-corrected chi connectivity index (χ2v) is 5.34. The van der Waals surface area contributed by atoms with E-state index < -0.39 is 0 Å². The van der Waals surface area contributed by atoms with E-state index in [1.54, 1.807) is 18.1 Å². The van der Waals surface area contributed by atoms with Gasteiger partial charge in [0.25, 0.3) is 0 Å². The van der Waals surface area contributed by atoms with Crippen LogP contribution in [-0.4, -0.2) is 19.7 Å². The Kier molecular flexibility index (Phi) is 1.99. The third-order valence-corrected chi connectivity index (χ3v) is 4.42. The topological polar surface area (TPSA) is 43.6 Å². The van der Waals surface area contributed by atoms with Gasteiger partial charge in [0.15, 0.2) is 5.16 Å². The molecule has 0 aliphatic carbocycles. The van der Waals surface area contributed by atoms with E-state index in [1.165, 1.54) is 15.8 Å². The lowest BCUT2D eigenvalue weighted by molar-refractivity contribution is 0.681. The van der Waals surface area contributed by atoms with E-state index in [0.717, 1.165) is 22.9 Å². The number of hydrogen-bond donors (Lipinski definition) is 0. The zero-order valence-electron chi connectivity index (χ0n) is 9.79. The lowest BCUT2D eigenvalue weighted by Crippen LogP contribution is -2.10. The molecule has 0 bridgehead atoms. The molecule has 0 fully saturated rings. The highest BCUT2D eigenvalue weighted by Gasteiger charge is 2.21. The Morgan fingerprint density at radius 2 is 2.17 bits per heavy atom. The molecular formula is C13H10N4S. The molecule has 3 aromatic rings. The van der Waals surface area contributed by atoms with E-state index in [2.05, 4.69) is 44.9 Å². The van der Waals surface area contributed by atoms with Crippen molar-refractivity contribution in [1.82, 2.24) is 19.7 Å². The van der Waals surface area contributed by atoms with Crippen LogP contribution in [0.5, 0.6) is 0 Å². The predicted molar refractivity (Wildman–Crippen MR) is 69.7 cm³/mol. The third kappa shape index (κ3) is 1.31. The number of fused-ring (bicyclic) bond motifs is 4. The van der Waals surface area contributed by atoms with Gasteiger partial charge in [0.1, 0.15) is 6.33 Å².